The monoisotopic (exact) mass is 242 g/mol. The third-order valence-electron chi connectivity index (χ3n) is 3.97. The molecule has 0 N–H and O–H groups in total. The highest BCUT2D eigenvalue weighted by atomic mass is 16.7. The van der Waals surface area contributed by atoms with E-state index in [1.165, 1.54) is 0 Å². The zero-order valence-electron chi connectivity index (χ0n) is 10.7. The number of ether oxygens (including phenoxy) is 3. The van der Waals surface area contributed by atoms with Gasteiger partial charge in [-0.1, -0.05) is 6.92 Å². The quantitative estimate of drug-likeness (QED) is 0.711. The van der Waals surface area contributed by atoms with Crippen LogP contribution in [0, 0.1) is 11.8 Å². The molecule has 0 aromatic rings. The summed E-state index contributed by atoms with van der Waals surface area (Å²) in [6.07, 6.45) is 3.78. The highest BCUT2D eigenvalue weighted by Crippen LogP contribution is 2.40. The fourth-order valence-electron chi connectivity index (χ4n) is 2.83. The molecular weight excluding hydrogens is 220 g/mol. The Balaban J connectivity index is 1.83. The molecule has 2 rings (SSSR count). The molecule has 1 heterocycles. The van der Waals surface area contributed by atoms with Crippen LogP contribution >= 0.6 is 0 Å². The van der Waals surface area contributed by atoms with E-state index in [-0.39, 0.29) is 17.7 Å². The van der Waals surface area contributed by atoms with Crippen molar-refractivity contribution < 1.29 is 19.0 Å². The summed E-state index contributed by atoms with van der Waals surface area (Å²) in [7, 11) is 0. The lowest BCUT2D eigenvalue weighted by Gasteiger charge is -2.36. The minimum absolute atomic E-state index is 0.00583. The molecular formula is C13H22O4. The van der Waals surface area contributed by atoms with E-state index >= 15 is 0 Å². The van der Waals surface area contributed by atoms with Crippen LogP contribution in [0.15, 0.2) is 0 Å². The van der Waals surface area contributed by atoms with E-state index in [9.17, 15) is 4.79 Å². The van der Waals surface area contributed by atoms with E-state index in [2.05, 4.69) is 0 Å². The highest BCUT2D eigenvalue weighted by molar-refractivity contribution is 5.72. The standard InChI is InChI=1S/C13H22O4/c1-3-15-12(14)10(2)11-4-6-13(7-5-11)16-8-9-17-13/h10-11H,3-9H2,1-2H3. The van der Waals surface area contributed by atoms with Crippen molar-refractivity contribution in [2.24, 2.45) is 11.8 Å². The summed E-state index contributed by atoms with van der Waals surface area (Å²) in [5.74, 6) is 0.00752. The van der Waals surface area contributed by atoms with Crippen LogP contribution in [0.3, 0.4) is 0 Å². The van der Waals surface area contributed by atoms with Crippen molar-refractivity contribution in [3.63, 3.8) is 0 Å². The summed E-state index contributed by atoms with van der Waals surface area (Å²) < 4.78 is 16.4. The van der Waals surface area contributed by atoms with Crippen molar-refractivity contribution in [3.8, 4) is 0 Å². The first-order chi connectivity index (χ1) is 8.17. The van der Waals surface area contributed by atoms with E-state index in [0.717, 1.165) is 25.7 Å². The third kappa shape index (κ3) is 2.80. The minimum atomic E-state index is -0.328. The molecule has 1 aliphatic heterocycles. The van der Waals surface area contributed by atoms with Crippen LogP contribution in [0.4, 0.5) is 0 Å². The highest BCUT2D eigenvalue weighted by Gasteiger charge is 2.42. The second kappa shape index (κ2) is 5.36. The van der Waals surface area contributed by atoms with Gasteiger partial charge in [-0.05, 0) is 25.7 Å². The molecule has 0 aromatic carbocycles. The first-order valence-corrected chi connectivity index (χ1v) is 6.61. The van der Waals surface area contributed by atoms with Gasteiger partial charge in [-0.2, -0.15) is 0 Å². The SMILES string of the molecule is CCOC(=O)C(C)C1CCC2(CC1)OCCO2. The molecule has 1 atom stereocenters. The fraction of sp³-hybridized carbons (Fsp3) is 0.923. The van der Waals surface area contributed by atoms with Gasteiger partial charge in [0, 0.05) is 12.8 Å². The van der Waals surface area contributed by atoms with E-state index < -0.39 is 0 Å². The lowest BCUT2D eigenvalue weighted by molar-refractivity contribution is -0.187. The maximum atomic E-state index is 11.7. The van der Waals surface area contributed by atoms with Crippen molar-refractivity contribution in [1.82, 2.24) is 0 Å². The lowest BCUT2D eigenvalue weighted by atomic mass is 9.78. The van der Waals surface area contributed by atoms with Crippen molar-refractivity contribution in [2.75, 3.05) is 19.8 Å². The van der Waals surface area contributed by atoms with Gasteiger partial charge < -0.3 is 14.2 Å². The van der Waals surface area contributed by atoms with Crippen LogP contribution in [-0.2, 0) is 19.0 Å². The second-order valence-corrected chi connectivity index (χ2v) is 4.99. The van der Waals surface area contributed by atoms with Crippen LogP contribution in [0.1, 0.15) is 39.5 Å². The van der Waals surface area contributed by atoms with Crippen LogP contribution in [-0.4, -0.2) is 31.6 Å². The summed E-state index contributed by atoms with van der Waals surface area (Å²) in [6, 6.07) is 0. The number of carbonyl (C=O) groups is 1. The van der Waals surface area contributed by atoms with Gasteiger partial charge in [-0.3, -0.25) is 4.79 Å². The Morgan fingerprint density at radius 3 is 2.47 bits per heavy atom. The van der Waals surface area contributed by atoms with Gasteiger partial charge in [0.2, 0.25) is 0 Å². The first-order valence-electron chi connectivity index (χ1n) is 6.61. The molecule has 1 saturated carbocycles. The average molecular weight is 242 g/mol. The molecule has 17 heavy (non-hydrogen) atoms. The molecule has 4 heteroatoms. The Morgan fingerprint density at radius 2 is 1.94 bits per heavy atom. The van der Waals surface area contributed by atoms with Crippen molar-refractivity contribution in [1.29, 1.82) is 0 Å². The Hall–Kier alpha value is -0.610. The maximum Gasteiger partial charge on any atom is 0.308 e. The summed E-state index contributed by atoms with van der Waals surface area (Å²) in [6.45, 7) is 5.69. The van der Waals surface area contributed by atoms with Crippen molar-refractivity contribution in [3.05, 3.63) is 0 Å². The van der Waals surface area contributed by atoms with Crippen molar-refractivity contribution in [2.45, 2.75) is 45.3 Å². The van der Waals surface area contributed by atoms with Crippen LogP contribution in [0.2, 0.25) is 0 Å². The van der Waals surface area contributed by atoms with Gasteiger partial charge in [0.05, 0.1) is 25.7 Å². The van der Waals surface area contributed by atoms with Gasteiger partial charge >= 0.3 is 5.97 Å². The molecule has 0 radical (unpaired) electrons. The summed E-state index contributed by atoms with van der Waals surface area (Å²) >= 11 is 0. The Kier molecular flexibility index (Phi) is 4.05. The normalized spacial score (nSPS) is 26.0. The zero-order chi connectivity index (χ0) is 12.3. The van der Waals surface area contributed by atoms with Crippen LogP contribution < -0.4 is 0 Å². The lowest BCUT2D eigenvalue weighted by Crippen LogP contribution is -2.38. The first kappa shape index (κ1) is 12.8. The van der Waals surface area contributed by atoms with E-state index in [1.54, 1.807) is 0 Å². The second-order valence-electron chi connectivity index (χ2n) is 4.99. The smallest absolute Gasteiger partial charge is 0.308 e. The summed E-state index contributed by atoms with van der Waals surface area (Å²) in [5, 5.41) is 0. The number of esters is 1. The minimum Gasteiger partial charge on any atom is -0.466 e. The van der Waals surface area contributed by atoms with E-state index in [4.69, 9.17) is 14.2 Å². The third-order valence-corrected chi connectivity index (χ3v) is 3.97. The topological polar surface area (TPSA) is 44.8 Å². The molecule has 0 amide bonds. The summed E-state index contributed by atoms with van der Waals surface area (Å²) in [4.78, 5) is 11.7. The van der Waals surface area contributed by atoms with Gasteiger partial charge in [-0.25, -0.2) is 0 Å². The molecule has 1 unspecified atom stereocenters. The maximum absolute atomic E-state index is 11.7. The molecule has 2 fully saturated rings. The zero-order valence-corrected chi connectivity index (χ0v) is 10.7. The predicted molar refractivity (Wildman–Crippen MR) is 62.4 cm³/mol. The molecule has 1 aliphatic carbocycles. The molecule has 1 spiro atoms. The molecule has 0 aromatic heterocycles. The van der Waals surface area contributed by atoms with Crippen molar-refractivity contribution >= 4 is 5.97 Å². The van der Waals surface area contributed by atoms with Crippen LogP contribution in [0.5, 0.6) is 0 Å². The number of rotatable bonds is 3. The van der Waals surface area contributed by atoms with Gasteiger partial charge in [0.15, 0.2) is 5.79 Å². The molecule has 0 bridgehead atoms. The summed E-state index contributed by atoms with van der Waals surface area (Å²) in [5.41, 5.74) is 0. The average Bonchev–Trinajstić information content (AvgIpc) is 2.78. The fourth-order valence-corrected chi connectivity index (χ4v) is 2.83. The molecule has 2 aliphatic rings. The Morgan fingerprint density at radius 1 is 1.35 bits per heavy atom. The number of carbonyl (C=O) groups excluding carboxylic acids is 1. The molecule has 1 saturated heterocycles. The number of hydrogen-bond donors (Lipinski definition) is 0. The Labute approximate surface area is 103 Å². The van der Waals surface area contributed by atoms with E-state index in [1.807, 2.05) is 13.8 Å². The molecule has 4 nitrogen and oxygen atoms in total. The van der Waals surface area contributed by atoms with Crippen LogP contribution in [0.25, 0.3) is 0 Å². The number of hydrogen-bond acceptors (Lipinski definition) is 4. The Bertz CT molecular complexity index is 261. The predicted octanol–water partition coefficient (Wildman–Crippen LogP) is 2.12. The largest absolute Gasteiger partial charge is 0.466 e. The molecule has 98 valence electrons. The van der Waals surface area contributed by atoms with Gasteiger partial charge in [-0.15, -0.1) is 0 Å². The van der Waals surface area contributed by atoms with E-state index in [0.29, 0.717) is 25.7 Å². The van der Waals surface area contributed by atoms with Gasteiger partial charge in [0.1, 0.15) is 0 Å². The van der Waals surface area contributed by atoms with Gasteiger partial charge in [0.25, 0.3) is 0 Å².